The second-order valence-electron chi connectivity index (χ2n) is 4.03. The largest absolute Gasteiger partial charge is 0.484 e. The second kappa shape index (κ2) is 6.25. The van der Waals surface area contributed by atoms with Crippen LogP contribution in [0.4, 0.5) is 15.8 Å². The minimum atomic E-state index is -0.599. The third kappa shape index (κ3) is 3.86. The van der Waals surface area contributed by atoms with Gasteiger partial charge >= 0.3 is 0 Å². The summed E-state index contributed by atoms with van der Waals surface area (Å²) in [6, 6.07) is 10.6. The second-order valence-corrected chi connectivity index (χ2v) is 4.47. The van der Waals surface area contributed by atoms with Gasteiger partial charge in [-0.15, -0.1) is 0 Å². The minimum absolute atomic E-state index is 0.0558. The number of carbonyl (C=O) groups excluding carboxylic acids is 1. The smallest absolute Gasteiger partial charge is 0.262 e. The maximum atomic E-state index is 13.5. The Bertz CT molecular complexity index is 617. The molecule has 0 saturated heterocycles. The van der Waals surface area contributed by atoms with Gasteiger partial charge in [0.25, 0.3) is 5.91 Å². The van der Waals surface area contributed by atoms with Crippen LogP contribution < -0.4 is 15.8 Å². The molecule has 0 heterocycles. The zero-order valence-electron chi connectivity index (χ0n) is 10.4. The molecule has 0 aliphatic rings. The lowest BCUT2D eigenvalue weighted by molar-refractivity contribution is -0.118. The van der Waals surface area contributed by atoms with Crippen LogP contribution in [0.2, 0.25) is 5.02 Å². The first-order valence-corrected chi connectivity index (χ1v) is 6.15. The Morgan fingerprint density at radius 3 is 2.60 bits per heavy atom. The zero-order valence-corrected chi connectivity index (χ0v) is 11.2. The van der Waals surface area contributed by atoms with E-state index in [-0.39, 0.29) is 17.3 Å². The lowest BCUT2D eigenvalue weighted by atomic mass is 10.3. The Morgan fingerprint density at radius 1 is 1.25 bits per heavy atom. The average molecular weight is 295 g/mol. The van der Waals surface area contributed by atoms with Crippen LogP contribution in [0.25, 0.3) is 0 Å². The summed E-state index contributed by atoms with van der Waals surface area (Å²) in [5.74, 6) is -0.563. The molecule has 0 spiro atoms. The highest BCUT2D eigenvalue weighted by Gasteiger charge is 2.08. The quantitative estimate of drug-likeness (QED) is 0.852. The molecular weight excluding hydrogens is 283 g/mol. The van der Waals surface area contributed by atoms with Gasteiger partial charge in [0.15, 0.2) is 6.61 Å². The Hall–Kier alpha value is -2.27. The molecule has 0 aromatic heterocycles. The molecule has 0 unspecified atom stereocenters. The number of ether oxygens (including phenoxy) is 1. The molecule has 2 aromatic carbocycles. The molecule has 2 aromatic rings. The predicted octanol–water partition coefficient (Wildman–Crippen LogP) is 3.08. The highest BCUT2D eigenvalue weighted by Crippen LogP contribution is 2.19. The number of rotatable bonds is 4. The highest BCUT2D eigenvalue weighted by molar-refractivity contribution is 6.30. The SMILES string of the molecule is Nc1ccc(OCC(=O)Nc2ccc(Cl)cc2F)cc1. The van der Waals surface area contributed by atoms with Crippen LogP contribution in [0.1, 0.15) is 0 Å². The first kappa shape index (κ1) is 14.1. The lowest BCUT2D eigenvalue weighted by Gasteiger charge is -2.08. The molecule has 20 heavy (non-hydrogen) atoms. The molecule has 6 heteroatoms. The molecule has 0 fully saturated rings. The summed E-state index contributed by atoms with van der Waals surface area (Å²) in [5, 5.41) is 2.66. The third-order valence-electron chi connectivity index (χ3n) is 2.46. The summed E-state index contributed by atoms with van der Waals surface area (Å²) >= 11 is 5.62. The number of carbonyl (C=O) groups is 1. The van der Waals surface area contributed by atoms with Gasteiger partial charge in [0.05, 0.1) is 5.69 Å². The molecular formula is C14H12ClFN2O2. The normalized spacial score (nSPS) is 10.1. The summed E-state index contributed by atoms with van der Waals surface area (Å²) in [7, 11) is 0. The molecule has 0 bridgehead atoms. The number of benzene rings is 2. The van der Waals surface area contributed by atoms with Crippen molar-refractivity contribution in [2.45, 2.75) is 0 Å². The van der Waals surface area contributed by atoms with E-state index >= 15 is 0 Å². The summed E-state index contributed by atoms with van der Waals surface area (Å²) in [6.45, 7) is -0.230. The standard InChI is InChI=1S/C14H12ClFN2O2/c15-9-1-6-13(12(16)7-9)18-14(19)8-20-11-4-2-10(17)3-5-11/h1-7H,8,17H2,(H,18,19). The molecule has 0 aliphatic carbocycles. The van der Waals surface area contributed by atoms with Crippen molar-refractivity contribution in [1.29, 1.82) is 0 Å². The van der Waals surface area contributed by atoms with Gasteiger partial charge in [0, 0.05) is 10.7 Å². The van der Waals surface area contributed by atoms with Crippen LogP contribution >= 0.6 is 11.6 Å². The molecule has 4 nitrogen and oxygen atoms in total. The molecule has 1 amide bonds. The molecule has 2 rings (SSSR count). The van der Waals surface area contributed by atoms with Crippen LogP contribution in [-0.2, 0) is 4.79 Å². The summed E-state index contributed by atoms with van der Waals surface area (Å²) < 4.78 is 18.7. The maximum absolute atomic E-state index is 13.5. The van der Waals surface area contributed by atoms with Gasteiger partial charge in [-0.05, 0) is 42.5 Å². The van der Waals surface area contributed by atoms with Gasteiger partial charge in [-0.1, -0.05) is 11.6 Å². The number of hydrogen-bond acceptors (Lipinski definition) is 3. The number of nitrogen functional groups attached to an aromatic ring is 1. The van der Waals surface area contributed by atoms with Crippen molar-refractivity contribution >= 4 is 28.9 Å². The molecule has 0 saturated carbocycles. The van der Waals surface area contributed by atoms with Crippen LogP contribution in [0.5, 0.6) is 5.75 Å². The van der Waals surface area contributed by atoms with Crippen molar-refractivity contribution in [1.82, 2.24) is 0 Å². The van der Waals surface area contributed by atoms with Gasteiger partial charge in [-0.25, -0.2) is 4.39 Å². The molecule has 0 atom stereocenters. The Kier molecular flexibility index (Phi) is 4.42. The van der Waals surface area contributed by atoms with Crippen molar-refractivity contribution in [3.8, 4) is 5.75 Å². The number of hydrogen-bond donors (Lipinski definition) is 2. The van der Waals surface area contributed by atoms with Gasteiger partial charge < -0.3 is 15.8 Å². The molecule has 0 radical (unpaired) electrons. The molecule has 104 valence electrons. The van der Waals surface area contributed by atoms with Gasteiger partial charge in [0.1, 0.15) is 11.6 Å². The predicted molar refractivity (Wildman–Crippen MR) is 76.4 cm³/mol. The first-order chi connectivity index (χ1) is 9.54. The number of nitrogens with one attached hydrogen (secondary N) is 1. The van der Waals surface area contributed by atoms with E-state index in [9.17, 15) is 9.18 Å². The Morgan fingerprint density at radius 2 is 1.95 bits per heavy atom. The number of amides is 1. The Balaban J connectivity index is 1.90. The fraction of sp³-hybridized carbons (Fsp3) is 0.0714. The Labute approximate surface area is 120 Å². The van der Waals surface area contributed by atoms with Gasteiger partial charge in [0.2, 0.25) is 0 Å². The van der Waals surface area contributed by atoms with Crippen LogP contribution in [-0.4, -0.2) is 12.5 Å². The third-order valence-corrected chi connectivity index (χ3v) is 2.69. The monoisotopic (exact) mass is 294 g/mol. The van der Waals surface area contributed by atoms with Crippen molar-refractivity contribution in [2.75, 3.05) is 17.7 Å². The maximum Gasteiger partial charge on any atom is 0.262 e. The fourth-order valence-corrected chi connectivity index (χ4v) is 1.65. The number of anilines is 2. The lowest BCUT2D eigenvalue weighted by Crippen LogP contribution is -2.20. The summed E-state index contributed by atoms with van der Waals surface area (Å²) in [6.07, 6.45) is 0. The van der Waals surface area contributed by atoms with Crippen molar-refractivity contribution in [3.05, 3.63) is 53.3 Å². The van der Waals surface area contributed by atoms with Crippen LogP contribution in [0.3, 0.4) is 0 Å². The van der Waals surface area contributed by atoms with Gasteiger partial charge in [-0.3, -0.25) is 4.79 Å². The zero-order chi connectivity index (χ0) is 14.5. The van der Waals surface area contributed by atoms with E-state index in [2.05, 4.69) is 5.32 Å². The van der Waals surface area contributed by atoms with Crippen molar-refractivity contribution in [2.24, 2.45) is 0 Å². The number of halogens is 2. The highest BCUT2D eigenvalue weighted by atomic mass is 35.5. The average Bonchev–Trinajstić information content (AvgIpc) is 2.41. The molecule has 3 N–H and O–H groups in total. The van der Waals surface area contributed by atoms with Crippen molar-refractivity contribution in [3.63, 3.8) is 0 Å². The molecule has 0 aliphatic heterocycles. The van der Waals surface area contributed by atoms with E-state index in [0.29, 0.717) is 11.4 Å². The van der Waals surface area contributed by atoms with E-state index in [1.165, 1.54) is 12.1 Å². The van der Waals surface area contributed by atoms with E-state index in [1.54, 1.807) is 24.3 Å². The van der Waals surface area contributed by atoms with E-state index < -0.39 is 11.7 Å². The van der Waals surface area contributed by atoms with Crippen LogP contribution in [0, 0.1) is 5.82 Å². The fourth-order valence-electron chi connectivity index (χ4n) is 1.49. The minimum Gasteiger partial charge on any atom is -0.484 e. The summed E-state index contributed by atoms with van der Waals surface area (Å²) in [5.41, 5.74) is 6.18. The first-order valence-electron chi connectivity index (χ1n) is 5.78. The number of nitrogens with two attached hydrogens (primary N) is 1. The topological polar surface area (TPSA) is 64.3 Å². The van der Waals surface area contributed by atoms with E-state index in [0.717, 1.165) is 6.07 Å². The van der Waals surface area contributed by atoms with Crippen molar-refractivity contribution < 1.29 is 13.9 Å². The van der Waals surface area contributed by atoms with Gasteiger partial charge in [-0.2, -0.15) is 0 Å². The summed E-state index contributed by atoms with van der Waals surface area (Å²) in [4.78, 5) is 11.6. The van der Waals surface area contributed by atoms with E-state index in [4.69, 9.17) is 22.1 Å². The van der Waals surface area contributed by atoms with E-state index in [1.807, 2.05) is 0 Å². The van der Waals surface area contributed by atoms with Crippen LogP contribution in [0.15, 0.2) is 42.5 Å².